The van der Waals surface area contributed by atoms with E-state index in [0.717, 1.165) is 16.9 Å². The Morgan fingerprint density at radius 1 is 0.900 bits per heavy atom. The van der Waals surface area contributed by atoms with Gasteiger partial charge in [0.25, 0.3) is 5.56 Å². The summed E-state index contributed by atoms with van der Waals surface area (Å²) in [4.78, 5) is 15.4. The van der Waals surface area contributed by atoms with Gasteiger partial charge < -0.3 is 4.98 Å². The summed E-state index contributed by atoms with van der Waals surface area (Å²) in [5.74, 6) is 0. The van der Waals surface area contributed by atoms with Crippen molar-refractivity contribution in [1.82, 2.24) is 9.55 Å². The third-order valence-corrected chi connectivity index (χ3v) is 3.32. The molecule has 20 heavy (non-hydrogen) atoms. The van der Waals surface area contributed by atoms with Crippen LogP contribution in [0.4, 0.5) is 0 Å². The van der Waals surface area contributed by atoms with Crippen molar-refractivity contribution in [2.24, 2.45) is 0 Å². The number of hydrogen-bond donors (Lipinski definition) is 1. The minimum absolute atomic E-state index is 0.140. The SMILES string of the molecule is O=c1cc(-c2ccccc2)[nH]c(=S)n1-c1ccccc1. The molecule has 1 heterocycles. The van der Waals surface area contributed by atoms with Crippen LogP contribution >= 0.6 is 12.2 Å². The fourth-order valence-corrected chi connectivity index (χ4v) is 2.40. The molecule has 1 N–H and O–H groups in total. The van der Waals surface area contributed by atoms with E-state index < -0.39 is 0 Å². The molecule has 0 fully saturated rings. The van der Waals surface area contributed by atoms with Crippen molar-refractivity contribution in [2.45, 2.75) is 0 Å². The quantitative estimate of drug-likeness (QED) is 0.729. The molecule has 4 heteroatoms. The van der Waals surface area contributed by atoms with Gasteiger partial charge in [0.05, 0.1) is 11.4 Å². The molecule has 0 amide bonds. The van der Waals surface area contributed by atoms with Gasteiger partial charge in [0.15, 0.2) is 4.77 Å². The predicted molar refractivity (Wildman–Crippen MR) is 82.7 cm³/mol. The Morgan fingerprint density at radius 3 is 2.10 bits per heavy atom. The van der Waals surface area contributed by atoms with Gasteiger partial charge >= 0.3 is 0 Å². The van der Waals surface area contributed by atoms with Gasteiger partial charge in [0.2, 0.25) is 0 Å². The van der Waals surface area contributed by atoms with Crippen LogP contribution in [0.1, 0.15) is 0 Å². The van der Waals surface area contributed by atoms with Crippen LogP contribution in [0.3, 0.4) is 0 Å². The molecule has 3 nitrogen and oxygen atoms in total. The van der Waals surface area contributed by atoms with Crippen molar-refractivity contribution in [1.29, 1.82) is 0 Å². The fourth-order valence-electron chi connectivity index (χ4n) is 2.09. The van der Waals surface area contributed by atoms with Gasteiger partial charge in [-0.05, 0) is 29.9 Å². The smallest absolute Gasteiger partial charge is 0.259 e. The van der Waals surface area contributed by atoms with E-state index in [4.69, 9.17) is 12.2 Å². The van der Waals surface area contributed by atoms with Crippen molar-refractivity contribution < 1.29 is 0 Å². The Balaban J connectivity index is 2.19. The maximum atomic E-state index is 12.3. The van der Waals surface area contributed by atoms with Gasteiger partial charge in [-0.25, -0.2) is 0 Å². The number of aromatic nitrogens is 2. The molecule has 0 saturated heterocycles. The molecule has 1 aromatic heterocycles. The fraction of sp³-hybridized carbons (Fsp3) is 0. The molecule has 0 aliphatic carbocycles. The predicted octanol–water partition coefficient (Wildman–Crippen LogP) is 3.56. The Hall–Kier alpha value is -2.46. The highest BCUT2D eigenvalue weighted by Gasteiger charge is 2.05. The van der Waals surface area contributed by atoms with Gasteiger partial charge in [0, 0.05) is 6.07 Å². The van der Waals surface area contributed by atoms with Crippen LogP contribution in [0.5, 0.6) is 0 Å². The molecule has 0 saturated carbocycles. The first kappa shape index (κ1) is 12.6. The highest BCUT2D eigenvalue weighted by Crippen LogP contribution is 2.15. The van der Waals surface area contributed by atoms with Gasteiger partial charge in [-0.3, -0.25) is 9.36 Å². The minimum Gasteiger partial charge on any atom is -0.331 e. The summed E-state index contributed by atoms with van der Waals surface area (Å²) < 4.78 is 1.88. The van der Waals surface area contributed by atoms with Crippen molar-refractivity contribution in [3.8, 4) is 16.9 Å². The van der Waals surface area contributed by atoms with Crippen molar-refractivity contribution in [2.75, 3.05) is 0 Å². The normalized spacial score (nSPS) is 10.4. The Labute approximate surface area is 121 Å². The molecule has 0 aliphatic heterocycles. The topological polar surface area (TPSA) is 37.8 Å². The molecular weight excluding hydrogens is 268 g/mol. The van der Waals surface area contributed by atoms with Crippen LogP contribution in [-0.2, 0) is 0 Å². The van der Waals surface area contributed by atoms with Crippen LogP contribution in [0.15, 0.2) is 71.5 Å². The molecule has 0 radical (unpaired) electrons. The van der Waals surface area contributed by atoms with Crippen LogP contribution in [0.2, 0.25) is 0 Å². The number of benzene rings is 2. The first-order valence-electron chi connectivity index (χ1n) is 6.23. The number of nitrogens with one attached hydrogen (secondary N) is 1. The van der Waals surface area contributed by atoms with Crippen LogP contribution < -0.4 is 5.56 Å². The van der Waals surface area contributed by atoms with E-state index >= 15 is 0 Å². The lowest BCUT2D eigenvalue weighted by Crippen LogP contribution is -2.19. The molecule has 0 spiro atoms. The highest BCUT2D eigenvalue weighted by molar-refractivity contribution is 7.71. The molecule has 0 aliphatic rings. The maximum Gasteiger partial charge on any atom is 0.259 e. The van der Waals surface area contributed by atoms with Crippen LogP contribution in [0, 0.1) is 4.77 Å². The minimum atomic E-state index is -0.140. The molecular formula is C16H12N2OS. The summed E-state index contributed by atoms with van der Waals surface area (Å²) in [6.07, 6.45) is 0. The van der Waals surface area contributed by atoms with Gasteiger partial charge in [-0.1, -0.05) is 48.5 Å². The van der Waals surface area contributed by atoms with Gasteiger partial charge in [-0.15, -0.1) is 0 Å². The summed E-state index contributed by atoms with van der Waals surface area (Å²) in [7, 11) is 0. The zero-order valence-electron chi connectivity index (χ0n) is 10.6. The monoisotopic (exact) mass is 280 g/mol. The summed E-state index contributed by atoms with van der Waals surface area (Å²) in [6, 6.07) is 20.6. The van der Waals surface area contributed by atoms with E-state index in [1.807, 2.05) is 60.7 Å². The number of para-hydroxylation sites is 1. The second kappa shape index (κ2) is 5.27. The van der Waals surface area contributed by atoms with Crippen LogP contribution in [0.25, 0.3) is 16.9 Å². The Kier molecular flexibility index (Phi) is 3.31. The van der Waals surface area contributed by atoms with Gasteiger partial charge in [-0.2, -0.15) is 0 Å². The summed E-state index contributed by atoms with van der Waals surface area (Å²) in [6.45, 7) is 0. The molecule has 0 unspecified atom stereocenters. The summed E-state index contributed by atoms with van der Waals surface area (Å²) in [5.41, 5.74) is 2.29. The number of rotatable bonds is 2. The van der Waals surface area contributed by atoms with Crippen LogP contribution in [-0.4, -0.2) is 9.55 Å². The summed E-state index contributed by atoms with van der Waals surface area (Å²) in [5, 5.41) is 0. The molecule has 0 atom stereocenters. The number of aromatic amines is 1. The molecule has 98 valence electrons. The van der Waals surface area contributed by atoms with E-state index in [0.29, 0.717) is 4.77 Å². The zero-order chi connectivity index (χ0) is 13.9. The number of H-pyrrole nitrogens is 1. The van der Waals surface area contributed by atoms with Crippen molar-refractivity contribution >= 4 is 12.2 Å². The van der Waals surface area contributed by atoms with Crippen molar-refractivity contribution in [3.05, 3.63) is 81.9 Å². The molecule has 3 aromatic rings. The first-order chi connectivity index (χ1) is 9.75. The van der Waals surface area contributed by atoms with Gasteiger partial charge in [0.1, 0.15) is 0 Å². The largest absolute Gasteiger partial charge is 0.331 e. The lowest BCUT2D eigenvalue weighted by atomic mass is 10.1. The zero-order valence-corrected chi connectivity index (χ0v) is 11.4. The third-order valence-electron chi connectivity index (χ3n) is 3.03. The van der Waals surface area contributed by atoms with E-state index in [-0.39, 0.29) is 5.56 Å². The van der Waals surface area contributed by atoms with E-state index in [1.165, 1.54) is 4.57 Å². The van der Waals surface area contributed by atoms with E-state index in [1.54, 1.807) is 6.07 Å². The Morgan fingerprint density at radius 2 is 1.50 bits per heavy atom. The molecule has 2 aromatic carbocycles. The molecule has 0 bridgehead atoms. The average molecular weight is 280 g/mol. The second-order valence-corrected chi connectivity index (χ2v) is 4.75. The number of nitrogens with zero attached hydrogens (tertiary/aromatic N) is 1. The Bertz CT molecular complexity index is 804. The van der Waals surface area contributed by atoms with E-state index in [9.17, 15) is 4.79 Å². The highest BCUT2D eigenvalue weighted by atomic mass is 32.1. The third kappa shape index (κ3) is 2.33. The standard InChI is InChI=1S/C16H12N2OS/c19-15-11-14(12-7-3-1-4-8-12)17-16(20)18(15)13-9-5-2-6-10-13/h1-11H,(H,17,20). The van der Waals surface area contributed by atoms with E-state index in [2.05, 4.69) is 4.98 Å². The number of hydrogen-bond acceptors (Lipinski definition) is 2. The lowest BCUT2D eigenvalue weighted by Gasteiger charge is -2.08. The summed E-state index contributed by atoms with van der Waals surface area (Å²) >= 11 is 5.32. The second-order valence-electron chi connectivity index (χ2n) is 4.36. The first-order valence-corrected chi connectivity index (χ1v) is 6.64. The maximum absolute atomic E-state index is 12.3. The van der Waals surface area contributed by atoms with Crippen molar-refractivity contribution in [3.63, 3.8) is 0 Å². The average Bonchev–Trinajstić information content (AvgIpc) is 2.48. The molecule has 3 rings (SSSR count). The lowest BCUT2D eigenvalue weighted by molar-refractivity contribution is 0.917.